The molecule has 0 N–H and O–H groups in total. The zero-order chi connectivity index (χ0) is 8.91. The fourth-order valence-electron chi connectivity index (χ4n) is 0.356. The van der Waals surface area contributed by atoms with E-state index in [0.717, 1.165) is 0 Å². The summed E-state index contributed by atoms with van der Waals surface area (Å²) in [6, 6.07) is 0. The molecule has 0 heterocycles. The first kappa shape index (κ1) is 10.8. The van der Waals surface area contributed by atoms with Crippen LogP contribution < -0.4 is 0 Å². The molecule has 0 bridgehead atoms. The van der Waals surface area contributed by atoms with Gasteiger partial charge in [0.05, 0.1) is 5.60 Å². The van der Waals surface area contributed by atoms with E-state index in [2.05, 4.69) is 4.74 Å². The molecule has 0 unspecified atom stereocenters. The molecule has 2 nitrogen and oxygen atoms in total. The lowest BCUT2D eigenvalue weighted by Crippen LogP contribution is -2.21. The summed E-state index contributed by atoms with van der Waals surface area (Å²) >= 11 is 0. The highest BCUT2D eigenvalue weighted by atomic mass is 19.3. The van der Waals surface area contributed by atoms with Gasteiger partial charge in [0.1, 0.15) is 13.4 Å². The van der Waals surface area contributed by atoms with Crippen LogP contribution in [-0.4, -0.2) is 25.4 Å². The molecule has 0 atom stereocenters. The van der Waals surface area contributed by atoms with E-state index in [4.69, 9.17) is 4.74 Å². The Morgan fingerprint density at radius 2 is 1.82 bits per heavy atom. The van der Waals surface area contributed by atoms with E-state index in [1.165, 1.54) is 0 Å². The van der Waals surface area contributed by atoms with Gasteiger partial charge >= 0.3 is 0 Å². The van der Waals surface area contributed by atoms with E-state index >= 15 is 0 Å². The molecule has 0 aromatic rings. The van der Waals surface area contributed by atoms with Crippen molar-refractivity contribution in [1.29, 1.82) is 0 Å². The average Bonchev–Trinajstić information content (AvgIpc) is 1.78. The first-order valence-corrected chi connectivity index (χ1v) is 3.41. The highest BCUT2D eigenvalue weighted by molar-refractivity contribution is 4.56. The molecule has 4 heteroatoms. The lowest BCUT2D eigenvalue weighted by atomic mass is 10.2. The van der Waals surface area contributed by atoms with Gasteiger partial charge in [0.2, 0.25) is 0 Å². The molecule has 0 saturated heterocycles. The molecule has 68 valence electrons. The Morgan fingerprint density at radius 1 is 1.27 bits per heavy atom. The second-order valence-corrected chi connectivity index (χ2v) is 3.14. The van der Waals surface area contributed by atoms with E-state index in [1.807, 2.05) is 20.8 Å². The van der Waals surface area contributed by atoms with Crippen LogP contribution in [0.15, 0.2) is 0 Å². The molecule has 0 spiro atoms. The van der Waals surface area contributed by atoms with Gasteiger partial charge in [0.25, 0.3) is 6.43 Å². The third kappa shape index (κ3) is 9.78. The van der Waals surface area contributed by atoms with Crippen LogP contribution in [0, 0.1) is 0 Å². The zero-order valence-electron chi connectivity index (χ0n) is 7.06. The minimum Gasteiger partial charge on any atom is -0.350 e. The van der Waals surface area contributed by atoms with Gasteiger partial charge in [-0.15, -0.1) is 0 Å². The molecule has 11 heavy (non-hydrogen) atoms. The molecule has 0 aliphatic rings. The molecular formula is C7H14F2O2. The summed E-state index contributed by atoms with van der Waals surface area (Å²) in [7, 11) is 0. The lowest BCUT2D eigenvalue weighted by molar-refractivity contribution is -0.136. The minimum atomic E-state index is -2.42. The van der Waals surface area contributed by atoms with Crippen molar-refractivity contribution in [2.24, 2.45) is 0 Å². The summed E-state index contributed by atoms with van der Waals surface area (Å²) in [5.41, 5.74) is -0.331. The van der Waals surface area contributed by atoms with Crippen LogP contribution in [0.3, 0.4) is 0 Å². The molecule has 0 radical (unpaired) electrons. The Balaban J connectivity index is 3.15. The molecule has 0 aromatic carbocycles. The topological polar surface area (TPSA) is 18.5 Å². The number of hydrogen-bond donors (Lipinski definition) is 0. The minimum absolute atomic E-state index is 0.0756. The van der Waals surface area contributed by atoms with Gasteiger partial charge in [0.15, 0.2) is 0 Å². The van der Waals surface area contributed by atoms with Crippen LogP contribution in [0.25, 0.3) is 0 Å². The Hall–Kier alpha value is -0.220. The van der Waals surface area contributed by atoms with Crippen LogP contribution in [0.5, 0.6) is 0 Å². The maximum atomic E-state index is 11.5. The predicted molar refractivity (Wildman–Crippen MR) is 37.7 cm³/mol. The maximum Gasteiger partial charge on any atom is 0.261 e. The molecule has 0 aliphatic carbocycles. The van der Waals surface area contributed by atoms with Crippen molar-refractivity contribution in [1.82, 2.24) is 0 Å². The molecule has 0 amide bonds. The number of hydrogen-bond acceptors (Lipinski definition) is 2. The summed E-state index contributed by atoms with van der Waals surface area (Å²) in [5.74, 6) is 0. The van der Waals surface area contributed by atoms with Gasteiger partial charge in [0, 0.05) is 0 Å². The first-order chi connectivity index (χ1) is 4.92. The monoisotopic (exact) mass is 168 g/mol. The summed E-state index contributed by atoms with van der Waals surface area (Å²) in [6.07, 6.45) is -2.42. The molecule has 0 aliphatic heterocycles. The van der Waals surface area contributed by atoms with Crippen LogP contribution in [0.2, 0.25) is 0 Å². The van der Waals surface area contributed by atoms with Gasteiger partial charge in [-0.1, -0.05) is 0 Å². The SMILES string of the molecule is CC(C)(C)OCOCC(F)F. The van der Waals surface area contributed by atoms with Crippen LogP contribution >= 0.6 is 0 Å². The predicted octanol–water partition coefficient (Wildman–Crippen LogP) is 2.04. The van der Waals surface area contributed by atoms with Crippen molar-refractivity contribution in [3.8, 4) is 0 Å². The highest BCUT2D eigenvalue weighted by Crippen LogP contribution is 2.06. The number of rotatable bonds is 4. The van der Waals surface area contributed by atoms with Crippen molar-refractivity contribution >= 4 is 0 Å². The maximum absolute atomic E-state index is 11.5. The Morgan fingerprint density at radius 3 is 2.18 bits per heavy atom. The highest BCUT2D eigenvalue weighted by Gasteiger charge is 2.10. The van der Waals surface area contributed by atoms with Crippen LogP contribution in [-0.2, 0) is 9.47 Å². The quantitative estimate of drug-likeness (QED) is 0.472. The van der Waals surface area contributed by atoms with Gasteiger partial charge in [-0.05, 0) is 20.8 Å². The average molecular weight is 168 g/mol. The third-order valence-corrected chi connectivity index (χ3v) is 0.819. The number of halogens is 2. The van der Waals surface area contributed by atoms with E-state index in [-0.39, 0.29) is 12.4 Å². The Bertz CT molecular complexity index is 99.1. The molecule has 0 fully saturated rings. The van der Waals surface area contributed by atoms with Gasteiger partial charge in [-0.2, -0.15) is 0 Å². The van der Waals surface area contributed by atoms with E-state index in [1.54, 1.807) is 0 Å². The van der Waals surface area contributed by atoms with Gasteiger partial charge in [-0.3, -0.25) is 0 Å². The van der Waals surface area contributed by atoms with E-state index in [0.29, 0.717) is 0 Å². The van der Waals surface area contributed by atoms with Gasteiger partial charge < -0.3 is 9.47 Å². The zero-order valence-corrected chi connectivity index (χ0v) is 7.06. The Kier molecular flexibility index (Phi) is 4.52. The summed E-state index contributed by atoms with van der Waals surface area (Å²) in [5, 5.41) is 0. The second-order valence-electron chi connectivity index (χ2n) is 3.14. The van der Waals surface area contributed by atoms with Crippen LogP contribution in [0.4, 0.5) is 8.78 Å². The van der Waals surface area contributed by atoms with Crippen molar-refractivity contribution in [2.45, 2.75) is 32.8 Å². The number of ether oxygens (including phenoxy) is 2. The fourth-order valence-corrected chi connectivity index (χ4v) is 0.356. The van der Waals surface area contributed by atoms with Crippen molar-refractivity contribution in [3.05, 3.63) is 0 Å². The summed E-state index contributed by atoms with van der Waals surface area (Å²) in [6.45, 7) is 4.86. The summed E-state index contributed by atoms with van der Waals surface area (Å²) in [4.78, 5) is 0. The largest absolute Gasteiger partial charge is 0.350 e. The lowest BCUT2D eigenvalue weighted by Gasteiger charge is -2.18. The van der Waals surface area contributed by atoms with Crippen molar-refractivity contribution < 1.29 is 18.3 Å². The molecular weight excluding hydrogens is 154 g/mol. The standard InChI is InChI=1S/C7H14F2O2/c1-7(2,3)11-5-10-4-6(8)9/h6H,4-5H2,1-3H3. The summed E-state index contributed by atoms with van der Waals surface area (Å²) < 4.78 is 32.5. The van der Waals surface area contributed by atoms with Crippen molar-refractivity contribution in [2.75, 3.05) is 13.4 Å². The van der Waals surface area contributed by atoms with Gasteiger partial charge in [-0.25, -0.2) is 8.78 Å². The second kappa shape index (κ2) is 4.62. The normalized spacial score (nSPS) is 12.5. The third-order valence-electron chi connectivity index (χ3n) is 0.819. The molecule has 0 rings (SSSR count). The number of alkyl halides is 2. The van der Waals surface area contributed by atoms with E-state index in [9.17, 15) is 8.78 Å². The molecule has 0 aromatic heterocycles. The van der Waals surface area contributed by atoms with E-state index < -0.39 is 13.0 Å². The van der Waals surface area contributed by atoms with Crippen LogP contribution in [0.1, 0.15) is 20.8 Å². The molecule has 0 saturated carbocycles. The first-order valence-electron chi connectivity index (χ1n) is 3.41. The Labute approximate surface area is 65.5 Å². The van der Waals surface area contributed by atoms with Crippen molar-refractivity contribution in [3.63, 3.8) is 0 Å². The smallest absolute Gasteiger partial charge is 0.261 e. The fraction of sp³-hybridized carbons (Fsp3) is 1.00.